The van der Waals surface area contributed by atoms with Gasteiger partial charge in [0.2, 0.25) is 53.5 Å². The minimum atomic E-state index is -5.27. The molecule has 2 aromatic carbocycles. The Morgan fingerprint density at radius 3 is 2.02 bits per heavy atom. The van der Waals surface area contributed by atoms with Crippen LogP contribution in [0.5, 0.6) is 11.5 Å². The number of carboxylic acid groups (broad SMARTS) is 1. The summed E-state index contributed by atoms with van der Waals surface area (Å²) in [6.07, 6.45) is -0.846. The monoisotopic (exact) mass is 1490 g/mol. The van der Waals surface area contributed by atoms with Crippen LogP contribution in [0.15, 0.2) is 54.9 Å². The Bertz CT molecular complexity index is 3800. The first kappa shape index (κ1) is 78.4. The zero-order chi connectivity index (χ0) is 74.8. The zero-order valence-corrected chi connectivity index (χ0v) is 59.1. The molecular weight excluding hydrogens is 1400 g/mol. The van der Waals surface area contributed by atoms with E-state index in [0.717, 1.165) is 106 Å². The number of carbonyl (C=O) groups is 8. The van der Waals surface area contributed by atoms with Crippen molar-refractivity contribution in [3.05, 3.63) is 65.4 Å². The smallest absolute Gasteiger partial charge is 0.446 e. The van der Waals surface area contributed by atoms with Crippen molar-refractivity contribution in [2.75, 3.05) is 37.6 Å². The number of hydrogen-bond donors (Lipinski definition) is 15. The number of rotatable bonds is 20. The number of β-amino-alcohol motifs (C(OH)–C–C–N with tert-alkyl or cyclic N) is 1. The summed E-state index contributed by atoms with van der Waals surface area (Å²) < 4.78 is 43.5. The number of hydrogen-bond acceptors (Lipinski definition) is 26. The number of fused-ring (bicyclic) bond motifs is 2. The molecule has 2 unspecified atom stereocenters. The fourth-order valence-electron chi connectivity index (χ4n) is 14.7. The molecule has 104 heavy (non-hydrogen) atoms. The Kier molecular flexibility index (Phi) is 26.3. The number of aromatic hydroxyl groups is 1. The van der Waals surface area contributed by atoms with Crippen molar-refractivity contribution < 1.29 is 106 Å². The summed E-state index contributed by atoms with van der Waals surface area (Å²) in [6.45, 7) is 2.60. The van der Waals surface area contributed by atoms with Crippen molar-refractivity contribution in [3.8, 4) is 33.2 Å². The molecule has 14 atom stereocenters. The maximum atomic E-state index is 14.9. The molecule has 6 heterocycles. The van der Waals surface area contributed by atoms with Crippen LogP contribution in [0.3, 0.4) is 0 Å². The third-order valence-electron chi connectivity index (χ3n) is 20.5. The number of phenolic OH excluding ortho intramolecular Hbond substituents is 1. The van der Waals surface area contributed by atoms with Crippen LogP contribution in [0.25, 0.3) is 21.7 Å². The van der Waals surface area contributed by atoms with Crippen molar-refractivity contribution in [2.24, 2.45) is 17.8 Å². The van der Waals surface area contributed by atoms with Gasteiger partial charge < -0.3 is 96.2 Å². The van der Waals surface area contributed by atoms with Gasteiger partial charge >= 0.3 is 16.4 Å². The van der Waals surface area contributed by atoms with Crippen molar-refractivity contribution in [1.82, 2.24) is 56.5 Å². The second-order valence-electron chi connectivity index (χ2n) is 28.2. The summed E-state index contributed by atoms with van der Waals surface area (Å²) in [5.74, 6) is -13.6. The summed E-state index contributed by atoms with van der Waals surface area (Å²) in [7, 11) is -5.27. The van der Waals surface area contributed by atoms with Gasteiger partial charge in [-0.25, -0.2) is 14.8 Å². The molecule has 0 radical (unpaired) electrons. The molecule has 0 spiro atoms. The quantitative estimate of drug-likeness (QED) is 0.0384. The average molecular weight is 1490 g/mol. The van der Waals surface area contributed by atoms with E-state index >= 15 is 0 Å². The zero-order valence-electron chi connectivity index (χ0n) is 57.5. The fourth-order valence-corrected chi connectivity index (χ4v) is 16.1. The van der Waals surface area contributed by atoms with E-state index in [9.17, 15) is 97.3 Å². The standard InChI is InChI=1S/C68H92N12O22S2/c1-34-32-80-56(57(34)88)61(92)69-31-43(82)26-41(14-10-36-8-12-39(13-9-36)63-76-77-64(103-63)40-17-15-38(16-18-40)42-29-70-68(71-30-42)78-22-20-46(21-23-78)101-45-6-4-3-5-7-45)58(89)73-53(35(2)81)65(94)79-33-44(83)27-47(79)59(90)74-54(49(85)24-37-11-19-48(84)51(25-37)102-104(98,99)100)60(91)75-55(66(80)95)50(86)28-52(87)72-62(93)67(96)97/h11,15-19,25,29-30,34-36,39,41,43-47,49-50,53-57,62,81-86,88,93H,3-10,12-14,20-24,26-28,31-33H2,1-2H3,(H,69,92)(H,72,87)(H,73,89)(H,74,90)(H,75,91)(H,96,97)(H,98,99,100)/t34-,35+,36?,39?,41-,43+,44+,47-,49+,50+,53?,54-,55-,56-,57-,62?/m0/s1. The van der Waals surface area contributed by atoms with E-state index in [0.29, 0.717) is 31.3 Å². The fraction of sp³-hybridized carbons (Fsp3) is 0.618. The number of aliphatic carboxylic acids is 1. The highest BCUT2D eigenvalue weighted by molar-refractivity contribution is 7.81. The summed E-state index contributed by atoms with van der Waals surface area (Å²) in [4.78, 5) is 126. The van der Waals surface area contributed by atoms with Crippen molar-refractivity contribution in [2.45, 2.75) is 214 Å². The lowest BCUT2D eigenvalue weighted by Crippen LogP contribution is -2.64. The molecule has 6 fully saturated rings. The van der Waals surface area contributed by atoms with Crippen molar-refractivity contribution in [3.63, 3.8) is 0 Å². The molecule has 36 heteroatoms. The first-order valence-corrected chi connectivity index (χ1v) is 37.4. The minimum Gasteiger partial charge on any atom is -0.504 e. The number of carboxylic acids is 1. The number of piperidine rings is 1. The Morgan fingerprint density at radius 1 is 0.712 bits per heavy atom. The average Bonchev–Trinajstić information content (AvgIpc) is 1.66. The normalized spacial score (nSPS) is 28.2. The molecule has 4 aromatic rings. The Balaban J connectivity index is 0.842. The molecule has 2 aromatic heterocycles. The molecule has 34 nitrogen and oxygen atoms in total. The van der Waals surface area contributed by atoms with Crippen LogP contribution < -0.4 is 35.7 Å². The Labute approximate surface area is 603 Å². The van der Waals surface area contributed by atoms with Gasteiger partial charge in [0.15, 0.2) is 11.5 Å². The van der Waals surface area contributed by atoms with Gasteiger partial charge in [-0.3, -0.25) is 38.1 Å². The first-order valence-electron chi connectivity index (χ1n) is 35.2. The van der Waals surface area contributed by atoms with Crippen molar-refractivity contribution >= 4 is 75.0 Å². The number of carbonyl (C=O) groups excluding carboxylic acids is 7. The highest BCUT2D eigenvalue weighted by Crippen LogP contribution is 2.41. The Hall–Kier alpha value is -8.17. The highest BCUT2D eigenvalue weighted by Gasteiger charge is 2.50. The molecule has 568 valence electrons. The van der Waals surface area contributed by atoms with Crippen LogP contribution in [0.2, 0.25) is 0 Å². The van der Waals surface area contributed by atoms with Gasteiger partial charge in [0, 0.05) is 86.8 Å². The first-order chi connectivity index (χ1) is 49.5. The molecule has 7 amide bonds. The summed E-state index contributed by atoms with van der Waals surface area (Å²) in [5.41, 5.74) is 2.56. The highest BCUT2D eigenvalue weighted by atomic mass is 32.3. The second-order valence-corrected chi connectivity index (χ2v) is 30.2. The van der Waals surface area contributed by atoms with Crippen LogP contribution in [0.4, 0.5) is 5.95 Å². The number of ether oxygens (including phenoxy) is 1. The van der Waals surface area contributed by atoms with Crippen LogP contribution in [-0.2, 0) is 59.9 Å². The topological polar surface area (TPSA) is 513 Å². The molecule has 4 aliphatic heterocycles. The number of aromatic nitrogens is 4. The number of amides is 7. The van der Waals surface area contributed by atoms with Crippen LogP contribution in [0, 0.1) is 17.8 Å². The number of aliphatic hydroxyl groups is 7. The molecule has 2 aliphatic carbocycles. The van der Waals surface area contributed by atoms with Gasteiger partial charge in [-0.15, -0.1) is 10.2 Å². The number of nitrogens with one attached hydrogen (secondary N) is 5. The molecule has 0 bridgehead atoms. The van der Waals surface area contributed by atoms with Gasteiger partial charge in [0.1, 0.15) is 40.2 Å². The van der Waals surface area contributed by atoms with Gasteiger partial charge in [0.25, 0.3) is 0 Å². The van der Waals surface area contributed by atoms with Gasteiger partial charge in [-0.2, -0.15) is 8.42 Å². The van der Waals surface area contributed by atoms with E-state index in [4.69, 9.17) is 14.7 Å². The maximum Gasteiger partial charge on any atom is 0.446 e. The molecule has 2 saturated carbocycles. The Morgan fingerprint density at radius 2 is 1.36 bits per heavy atom. The lowest BCUT2D eigenvalue weighted by Gasteiger charge is -2.34. The SMILES string of the molecule is C[C@@H](O)C1NC(=O)[C@@H](CCC2CCC(c3nnc(-c4ccc(-c5cnc(N6CCC(OC7CCCCC7)CC6)nc5)cc4)s3)CC2)C[C@@H](O)CNC(=O)[C@@H]2[C@@H](O)[C@@H](C)CN2C(=O)[C@H]([C@H](O)CC(=O)NC(O)C(=O)O)NC(=O)[C@H]([C@H](O)Cc2ccc(O)c(OS(=O)(=O)O)c2)NC(=O)[C@@H]2C[C@@H](O)CN2C1=O. The largest absolute Gasteiger partial charge is 0.504 e. The van der Waals surface area contributed by atoms with Gasteiger partial charge in [-0.1, -0.05) is 67.9 Å². The van der Waals surface area contributed by atoms with Gasteiger partial charge in [-0.05, 0) is 107 Å². The third-order valence-corrected chi connectivity index (χ3v) is 22.0. The van der Waals surface area contributed by atoms with Crippen LogP contribution >= 0.6 is 11.3 Å². The van der Waals surface area contributed by atoms with Crippen LogP contribution in [-0.4, -0.2) is 254 Å². The molecule has 15 N–H and O–H groups in total. The lowest BCUT2D eigenvalue weighted by molar-refractivity contribution is -0.152. The number of aliphatic hydroxyl groups excluding tert-OH is 7. The van der Waals surface area contributed by atoms with E-state index in [1.165, 1.54) is 44.4 Å². The lowest BCUT2D eigenvalue weighted by atomic mass is 9.78. The predicted octanol–water partition coefficient (Wildman–Crippen LogP) is -0.703. The minimum absolute atomic E-state index is 0.0557. The number of phenols is 1. The summed E-state index contributed by atoms with van der Waals surface area (Å²) in [6, 6.07) is 0.508. The van der Waals surface area contributed by atoms with Crippen LogP contribution in [0.1, 0.15) is 133 Å². The molecule has 10 rings (SSSR count). The molecule has 6 aliphatic rings. The molecular formula is C68H92N12O22S2. The molecule has 4 saturated heterocycles. The van der Waals surface area contributed by atoms with E-state index < -0.39 is 193 Å². The number of nitrogens with zero attached hydrogens (tertiary/aromatic N) is 7. The number of benzene rings is 2. The van der Waals surface area contributed by atoms with Gasteiger partial charge in [0.05, 0.1) is 55.3 Å². The number of anilines is 1. The van der Waals surface area contributed by atoms with Crippen molar-refractivity contribution in [1.29, 1.82) is 0 Å². The third kappa shape index (κ3) is 20.0. The predicted molar refractivity (Wildman–Crippen MR) is 367 cm³/mol. The maximum absolute atomic E-state index is 14.9. The van der Waals surface area contributed by atoms with E-state index in [1.807, 2.05) is 36.7 Å². The van der Waals surface area contributed by atoms with E-state index in [-0.39, 0.29) is 36.3 Å². The second kappa shape index (κ2) is 34.8. The van der Waals surface area contributed by atoms with E-state index in [2.05, 4.69) is 40.5 Å². The summed E-state index contributed by atoms with van der Waals surface area (Å²) >= 11 is 1.51. The summed E-state index contributed by atoms with van der Waals surface area (Å²) in [5, 5.41) is 121. The van der Waals surface area contributed by atoms with E-state index in [1.54, 1.807) is 5.32 Å².